The minimum absolute atomic E-state index is 0.976. The lowest BCUT2D eigenvalue weighted by atomic mass is 9.86. The van der Waals surface area contributed by atoms with Crippen molar-refractivity contribution in [1.29, 1.82) is 0 Å². The third-order valence-electron chi connectivity index (χ3n) is 2.47. The van der Waals surface area contributed by atoms with Crippen LogP contribution >= 0.6 is 22.6 Å². The van der Waals surface area contributed by atoms with Gasteiger partial charge in [0.15, 0.2) is 0 Å². The lowest BCUT2D eigenvalue weighted by Gasteiger charge is -2.22. The molecule has 58 valence electrons. The predicted molar refractivity (Wildman–Crippen MR) is 54.6 cm³/mol. The molecule has 0 aliphatic heterocycles. The smallest absolute Gasteiger partial charge is 0.00268 e. The summed E-state index contributed by atoms with van der Waals surface area (Å²) in [6, 6.07) is 0. The Bertz CT molecular complexity index is 147. The topological polar surface area (TPSA) is 0 Å². The summed E-state index contributed by atoms with van der Waals surface area (Å²) in [5.74, 6) is 0.976. The highest BCUT2D eigenvalue weighted by Crippen LogP contribution is 2.29. The Hall–Kier alpha value is 0.470. The zero-order valence-corrected chi connectivity index (χ0v) is 8.94. The number of rotatable bonds is 1. The van der Waals surface area contributed by atoms with Crippen molar-refractivity contribution in [2.75, 3.05) is 4.43 Å². The van der Waals surface area contributed by atoms with Crippen LogP contribution < -0.4 is 0 Å². The van der Waals surface area contributed by atoms with E-state index in [1.54, 1.807) is 11.1 Å². The van der Waals surface area contributed by atoms with Gasteiger partial charge in [0.2, 0.25) is 0 Å². The molecule has 0 saturated heterocycles. The van der Waals surface area contributed by atoms with E-state index in [4.69, 9.17) is 0 Å². The summed E-state index contributed by atoms with van der Waals surface area (Å²) in [7, 11) is 0. The number of hydrogen-bond acceptors (Lipinski definition) is 0. The van der Waals surface area contributed by atoms with Crippen LogP contribution in [0.25, 0.3) is 0 Å². The Kier molecular flexibility index (Phi) is 3.21. The highest BCUT2D eigenvalue weighted by atomic mass is 127. The first kappa shape index (κ1) is 8.57. The van der Waals surface area contributed by atoms with Crippen LogP contribution in [0, 0.1) is 5.92 Å². The second-order valence-electron chi connectivity index (χ2n) is 3.32. The molecule has 1 rings (SSSR count). The van der Waals surface area contributed by atoms with Gasteiger partial charge in [-0.2, -0.15) is 0 Å². The van der Waals surface area contributed by atoms with Crippen molar-refractivity contribution in [3.05, 3.63) is 11.1 Å². The van der Waals surface area contributed by atoms with Gasteiger partial charge in [-0.25, -0.2) is 0 Å². The molecule has 0 fully saturated rings. The van der Waals surface area contributed by atoms with E-state index in [-0.39, 0.29) is 0 Å². The van der Waals surface area contributed by atoms with E-state index in [0.29, 0.717) is 0 Å². The van der Waals surface area contributed by atoms with Crippen LogP contribution in [0.15, 0.2) is 11.1 Å². The first-order chi connectivity index (χ1) is 4.74. The number of allylic oxidation sites excluding steroid dienone is 2. The molecular weight excluding hydrogens is 235 g/mol. The fraction of sp³-hybridized carbons (Fsp3) is 0.778. The second-order valence-corrected chi connectivity index (χ2v) is 4.20. The zero-order valence-electron chi connectivity index (χ0n) is 6.78. The standard InChI is InChI=1S/C9H15I/c1-7-3-4-9(6-10)5-8(7)2/h9H,3-6H2,1-2H3. The summed E-state index contributed by atoms with van der Waals surface area (Å²) in [6.07, 6.45) is 4.13. The van der Waals surface area contributed by atoms with E-state index in [0.717, 1.165) is 5.92 Å². The van der Waals surface area contributed by atoms with Gasteiger partial charge in [0.05, 0.1) is 0 Å². The van der Waals surface area contributed by atoms with Gasteiger partial charge < -0.3 is 0 Å². The summed E-state index contributed by atoms with van der Waals surface area (Å²) in [4.78, 5) is 0. The van der Waals surface area contributed by atoms with Gasteiger partial charge in [-0.15, -0.1) is 0 Å². The largest absolute Gasteiger partial charge is 0.0861 e. The van der Waals surface area contributed by atoms with Crippen LogP contribution in [0.2, 0.25) is 0 Å². The molecule has 1 aliphatic carbocycles. The first-order valence-electron chi connectivity index (χ1n) is 3.95. The van der Waals surface area contributed by atoms with Gasteiger partial charge in [-0.05, 0) is 39.0 Å². The van der Waals surface area contributed by atoms with Crippen molar-refractivity contribution in [2.24, 2.45) is 5.92 Å². The highest BCUT2D eigenvalue weighted by molar-refractivity contribution is 14.1. The van der Waals surface area contributed by atoms with Crippen LogP contribution in [0.3, 0.4) is 0 Å². The Morgan fingerprint density at radius 1 is 1.40 bits per heavy atom. The van der Waals surface area contributed by atoms with Gasteiger partial charge >= 0.3 is 0 Å². The number of halogens is 1. The quantitative estimate of drug-likeness (QED) is 0.379. The van der Waals surface area contributed by atoms with Crippen LogP contribution in [0.4, 0.5) is 0 Å². The molecule has 0 amide bonds. The molecule has 0 nitrogen and oxygen atoms in total. The molecule has 0 heterocycles. The van der Waals surface area contributed by atoms with E-state index in [1.165, 1.54) is 23.7 Å². The van der Waals surface area contributed by atoms with Crippen LogP contribution in [-0.4, -0.2) is 4.43 Å². The van der Waals surface area contributed by atoms with E-state index in [1.807, 2.05) is 0 Å². The van der Waals surface area contributed by atoms with Gasteiger partial charge in [-0.1, -0.05) is 33.7 Å². The molecule has 0 aromatic heterocycles. The Labute approximate surface area is 77.2 Å². The first-order valence-corrected chi connectivity index (χ1v) is 5.47. The lowest BCUT2D eigenvalue weighted by molar-refractivity contribution is 0.510. The summed E-state index contributed by atoms with van der Waals surface area (Å²) in [6.45, 7) is 4.56. The number of alkyl halides is 1. The molecule has 0 spiro atoms. The van der Waals surface area contributed by atoms with Crippen molar-refractivity contribution >= 4 is 22.6 Å². The van der Waals surface area contributed by atoms with Gasteiger partial charge in [0.1, 0.15) is 0 Å². The van der Waals surface area contributed by atoms with Crippen molar-refractivity contribution in [2.45, 2.75) is 33.1 Å². The minimum Gasteiger partial charge on any atom is -0.0861 e. The maximum Gasteiger partial charge on any atom is 0.00268 e. The maximum atomic E-state index is 2.50. The molecule has 1 atom stereocenters. The van der Waals surface area contributed by atoms with Crippen LogP contribution in [-0.2, 0) is 0 Å². The second kappa shape index (κ2) is 3.74. The van der Waals surface area contributed by atoms with Crippen LogP contribution in [0.1, 0.15) is 33.1 Å². The van der Waals surface area contributed by atoms with E-state index < -0.39 is 0 Å². The molecule has 0 aromatic rings. The summed E-state index contributed by atoms with van der Waals surface area (Å²) < 4.78 is 1.34. The van der Waals surface area contributed by atoms with Gasteiger partial charge in [0, 0.05) is 4.43 Å². The molecule has 0 aromatic carbocycles. The van der Waals surface area contributed by atoms with Crippen molar-refractivity contribution in [3.8, 4) is 0 Å². The molecule has 1 unspecified atom stereocenters. The average molecular weight is 250 g/mol. The van der Waals surface area contributed by atoms with Crippen molar-refractivity contribution in [1.82, 2.24) is 0 Å². The average Bonchev–Trinajstić information content (AvgIpc) is 1.95. The molecule has 10 heavy (non-hydrogen) atoms. The summed E-state index contributed by atoms with van der Waals surface area (Å²) in [5.41, 5.74) is 3.29. The number of hydrogen-bond donors (Lipinski definition) is 0. The molecule has 0 saturated carbocycles. The Morgan fingerprint density at radius 3 is 2.60 bits per heavy atom. The Morgan fingerprint density at radius 2 is 2.10 bits per heavy atom. The molecule has 1 aliphatic rings. The lowest BCUT2D eigenvalue weighted by Crippen LogP contribution is -2.08. The third-order valence-corrected chi connectivity index (χ3v) is 3.71. The summed E-state index contributed by atoms with van der Waals surface area (Å²) in [5, 5.41) is 0. The SMILES string of the molecule is CC1=C(C)CC(CI)CC1. The highest BCUT2D eigenvalue weighted by Gasteiger charge is 2.14. The molecule has 0 radical (unpaired) electrons. The fourth-order valence-electron chi connectivity index (χ4n) is 1.48. The van der Waals surface area contributed by atoms with E-state index in [9.17, 15) is 0 Å². The molecule has 0 N–H and O–H groups in total. The molecular formula is C9H15I. The van der Waals surface area contributed by atoms with Gasteiger partial charge in [-0.3, -0.25) is 0 Å². The van der Waals surface area contributed by atoms with E-state index >= 15 is 0 Å². The van der Waals surface area contributed by atoms with E-state index in [2.05, 4.69) is 36.4 Å². The zero-order chi connectivity index (χ0) is 7.56. The monoisotopic (exact) mass is 250 g/mol. The third kappa shape index (κ3) is 1.97. The van der Waals surface area contributed by atoms with Crippen LogP contribution in [0.5, 0.6) is 0 Å². The van der Waals surface area contributed by atoms with Crippen molar-refractivity contribution in [3.63, 3.8) is 0 Å². The molecule has 0 bridgehead atoms. The minimum atomic E-state index is 0.976. The Balaban J connectivity index is 2.54. The summed E-state index contributed by atoms with van der Waals surface area (Å²) >= 11 is 2.50. The molecule has 1 heteroatoms. The maximum absolute atomic E-state index is 2.50. The normalized spacial score (nSPS) is 27.3. The van der Waals surface area contributed by atoms with Gasteiger partial charge in [0.25, 0.3) is 0 Å². The predicted octanol–water partition coefficient (Wildman–Crippen LogP) is 3.56. The fourth-order valence-corrected chi connectivity index (χ4v) is 2.23. The van der Waals surface area contributed by atoms with Crippen molar-refractivity contribution < 1.29 is 0 Å².